The summed E-state index contributed by atoms with van der Waals surface area (Å²) in [6, 6.07) is 16.5. The van der Waals surface area contributed by atoms with Gasteiger partial charge in [-0.15, -0.1) is 0 Å². The van der Waals surface area contributed by atoms with Crippen LogP contribution >= 0.6 is 0 Å². The first-order valence-corrected chi connectivity index (χ1v) is 7.33. The van der Waals surface area contributed by atoms with E-state index in [1.165, 1.54) is 5.56 Å². The van der Waals surface area contributed by atoms with Crippen LogP contribution in [0.25, 0.3) is 0 Å². The van der Waals surface area contributed by atoms with E-state index in [-0.39, 0.29) is 0 Å². The number of benzene rings is 2. The Balaban J connectivity index is 2.11. The summed E-state index contributed by atoms with van der Waals surface area (Å²) in [5.41, 5.74) is 4.41. The van der Waals surface area contributed by atoms with Crippen LogP contribution in [0.3, 0.4) is 0 Å². The lowest BCUT2D eigenvalue weighted by molar-refractivity contribution is 0.111. The highest BCUT2D eigenvalue weighted by atomic mass is 16.3. The molecule has 0 aliphatic heterocycles. The summed E-state index contributed by atoms with van der Waals surface area (Å²) < 4.78 is 0. The van der Waals surface area contributed by atoms with Gasteiger partial charge < -0.3 is 5.11 Å². The van der Waals surface area contributed by atoms with Crippen LogP contribution < -0.4 is 0 Å². The van der Waals surface area contributed by atoms with Gasteiger partial charge in [0.2, 0.25) is 0 Å². The van der Waals surface area contributed by atoms with E-state index in [9.17, 15) is 10.4 Å². The zero-order valence-corrected chi connectivity index (χ0v) is 12.4. The SMILES string of the molecule is Cc1cc(C)cc(C(O)C2(C#N)CCc3ccccc32)c1. The number of aliphatic hydroxyl groups excluding tert-OH is 1. The Morgan fingerprint density at radius 3 is 2.48 bits per heavy atom. The van der Waals surface area contributed by atoms with E-state index in [4.69, 9.17) is 0 Å². The lowest BCUT2D eigenvalue weighted by Gasteiger charge is -2.29. The second-order valence-electron chi connectivity index (χ2n) is 6.06. The molecule has 21 heavy (non-hydrogen) atoms. The quantitative estimate of drug-likeness (QED) is 0.908. The van der Waals surface area contributed by atoms with E-state index in [1.54, 1.807) is 0 Å². The zero-order valence-electron chi connectivity index (χ0n) is 12.4. The molecule has 0 heterocycles. The second-order valence-corrected chi connectivity index (χ2v) is 6.06. The first-order chi connectivity index (χ1) is 10.1. The van der Waals surface area contributed by atoms with Crippen molar-refractivity contribution in [2.24, 2.45) is 0 Å². The van der Waals surface area contributed by atoms with Crippen LogP contribution in [-0.2, 0) is 11.8 Å². The molecule has 1 N–H and O–H groups in total. The minimum absolute atomic E-state index is 0.678. The standard InChI is InChI=1S/C19H19NO/c1-13-9-14(2)11-16(10-13)18(21)19(12-20)8-7-15-5-3-4-6-17(15)19/h3-6,9-11,18,21H,7-8H2,1-2H3. The van der Waals surface area contributed by atoms with E-state index >= 15 is 0 Å². The minimum atomic E-state index is -0.823. The molecule has 1 aliphatic carbocycles. The van der Waals surface area contributed by atoms with Crippen molar-refractivity contribution in [3.63, 3.8) is 0 Å². The number of nitriles is 1. The molecule has 2 nitrogen and oxygen atoms in total. The van der Waals surface area contributed by atoms with Gasteiger partial charge >= 0.3 is 0 Å². The second kappa shape index (κ2) is 5.02. The van der Waals surface area contributed by atoms with Crippen LogP contribution in [0.5, 0.6) is 0 Å². The minimum Gasteiger partial charge on any atom is -0.386 e. The van der Waals surface area contributed by atoms with Crippen molar-refractivity contribution >= 4 is 0 Å². The fourth-order valence-electron chi connectivity index (χ4n) is 3.55. The topological polar surface area (TPSA) is 44.0 Å². The van der Waals surface area contributed by atoms with Gasteiger partial charge in [0, 0.05) is 0 Å². The Morgan fingerprint density at radius 1 is 1.14 bits per heavy atom. The maximum Gasteiger partial charge on any atom is 0.113 e. The first kappa shape index (κ1) is 13.9. The van der Waals surface area contributed by atoms with E-state index in [2.05, 4.69) is 18.2 Å². The fourth-order valence-corrected chi connectivity index (χ4v) is 3.55. The predicted octanol–water partition coefficient (Wildman–Crippen LogP) is 3.74. The highest BCUT2D eigenvalue weighted by Gasteiger charge is 2.45. The van der Waals surface area contributed by atoms with Crippen LogP contribution in [0.4, 0.5) is 0 Å². The summed E-state index contributed by atoms with van der Waals surface area (Å²) in [6.07, 6.45) is 0.743. The van der Waals surface area contributed by atoms with Gasteiger partial charge in [0.15, 0.2) is 0 Å². The molecule has 0 amide bonds. The Kier molecular flexibility index (Phi) is 3.31. The Labute approximate surface area is 125 Å². The van der Waals surface area contributed by atoms with Crippen molar-refractivity contribution in [1.82, 2.24) is 0 Å². The van der Waals surface area contributed by atoms with Gasteiger partial charge in [0.1, 0.15) is 11.5 Å². The smallest absolute Gasteiger partial charge is 0.113 e. The Hall–Kier alpha value is -2.11. The van der Waals surface area contributed by atoms with Gasteiger partial charge in [-0.1, -0.05) is 53.6 Å². The summed E-state index contributed by atoms with van der Waals surface area (Å²) in [7, 11) is 0. The number of aliphatic hydroxyl groups is 1. The molecule has 0 fully saturated rings. The molecule has 0 saturated heterocycles. The van der Waals surface area contributed by atoms with Crippen molar-refractivity contribution < 1.29 is 5.11 Å². The number of nitrogens with zero attached hydrogens (tertiary/aromatic N) is 1. The molecule has 0 spiro atoms. The Bertz CT molecular complexity index is 708. The maximum absolute atomic E-state index is 10.9. The Morgan fingerprint density at radius 2 is 1.81 bits per heavy atom. The third kappa shape index (κ3) is 2.14. The molecule has 0 aromatic heterocycles. The van der Waals surface area contributed by atoms with Crippen molar-refractivity contribution in [3.05, 3.63) is 70.3 Å². The summed E-state index contributed by atoms with van der Waals surface area (Å²) in [5.74, 6) is 0. The van der Waals surface area contributed by atoms with Crippen LogP contribution in [0.2, 0.25) is 0 Å². The van der Waals surface area contributed by atoms with Gasteiger partial charge in [-0.05, 0) is 43.4 Å². The maximum atomic E-state index is 10.9. The largest absolute Gasteiger partial charge is 0.386 e. The number of hydrogen-bond donors (Lipinski definition) is 1. The molecular formula is C19H19NO. The van der Waals surface area contributed by atoms with Gasteiger partial charge in [-0.3, -0.25) is 0 Å². The normalized spacial score (nSPS) is 21.6. The van der Waals surface area contributed by atoms with Crippen molar-refractivity contribution in [1.29, 1.82) is 5.26 Å². The number of hydrogen-bond acceptors (Lipinski definition) is 2. The summed E-state index contributed by atoms with van der Waals surface area (Å²) >= 11 is 0. The zero-order chi connectivity index (χ0) is 15.0. The predicted molar refractivity (Wildman–Crippen MR) is 82.9 cm³/mol. The average Bonchev–Trinajstić information content (AvgIpc) is 2.85. The first-order valence-electron chi connectivity index (χ1n) is 7.33. The summed E-state index contributed by atoms with van der Waals surface area (Å²) in [4.78, 5) is 0. The van der Waals surface area contributed by atoms with E-state index in [0.717, 1.165) is 28.7 Å². The van der Waals surface area contributed by atoms with Crippen LogP contribution in [0.15, 0.2) is 42.5 Å². The van der Waals surface area contributed by atoms with Gasteiger partial charge in [0.25, 0.3) is 0 Å². The monoisotopic (exact) mass is 277 g/mol. The highest BCUT2D eigenvalue weighted by Crippen LogP contribution is 2.47. The molecule has 2 heteroatoms. The average molecular weight is 277 g/mol. The van der Waals surface area contributed by atoms with Crippen molar-refractivity contribution in [3.8, 4) is 6.07 Å². The number of rotatable bonds is 2. The molecule has 0 bridgehead atoms. The molecule has 106 valence electrons. The van der Waals surface area contributed by atoms with Gasteiger partial charge in [0.05, 0.1) is 6.07 Å². The van der Waals surface area contributed by atoms with Crippen LogP contribution in [-0.4, -0.2) is 5.11 Å². The van der Waals surface area contributed by atoms with E-state index in [0.29, 0.717) is 6.42 Å². The van der Waals surface area contributed by atoms with Gasteiger partial charge in [-0.25, -0.2) is 0 Å². The lowest BCUT2D eigenvalue weighted by atomic mass is 9.75. The summed E-state index contributed by atoms with van der Waals surface area (Å²) in [6.45, 7) is 4.04. The molecule has 0 saturated carbocycles. The number of fused-ring (bicyclic) bond motifs is 1. The molecule has 2 aromatic carbocycles. The third-order valence-corrected chi connectivity index (χ3v) is 4.51. The summed E-state index contributed by atoms with van der Waals surface area (Å²) in [5, 5.41) is 20.8. The third-order valence-electron chi connectivity index (χ3n) is 4.51. The lowest BCUT2D eigenvalue weighted by Crippen LogP contribution is -2.29. The van der Waals surface area contributed by atoms with Crippen molar-refractivity contribution in [2.45, 2.75) is 38.2 Å². The van der Waals surface area contributed by atoms with Crippen LogP contribution in [0.1, 0.15) is 40.3 Å². The van der Waals surface area contributed by atoms with E-state index < -0.39 is 11.5 Å². The number of aryl methyl sites for hydroxylation is 3. The molecule has 2 aromatic rings. The van der Waals surface area contributed by atoms with Crippen LogP contribution in [0, 0.1) is 25.2 Å². The molecule has 0 radical (unpaired) electrons. The van der Waals surface area contributed by atoms with E-state index in [1.807, 2.05) is 44.2 Å². The van der Waals surface area contributed by atoms with Gasteiger partial charge in [-0.2, -0.15) is 5.26 Å². The highest BCUT2D eigenvalue weighted by molar-refractivity contribution is 5.48. The molecule has 1 aliphatic rings. The fraction of sp³-hybridized carbons (Fsp3) is 0.316. The molecule has 2 unspecified atom stereocenters. The van der Waals surface area contributed by atoms with Crippen molar-refractivity contribution in [2.75, 3.05) is 0 Å². The molecule has 2 atom stereocenters. The molecule has 3 rings (SSSR count). The molecular weight excluding hydrogens is 258 g/mol.